The summed E-state index contributed by atoms with van der Waals surface area (Å²) >= 11 is 0. The van der Waals surface area contributed by atoms with Gasteiger partial charge in [-0.1, -0.05) is 26.0 Å². The molecule has 3 unspecified atom stereocenters. The number of nitrogens with one attached hydrogen (secondary N) is 1. The molecule has 2 saturated heterocycles. The van der Waals surface area contributed by atoms with Gasteiger partial charge in [0.25, 0.3) is 0 Å². The third-order valence-electron chi connectivity index (χ3n) is 5.79. The number of hydrogen-bond acceptors (Lipinski definition) is 3. The number of aliphatic imine (C=N–C) groups is 1. The summed E-state index contributed by atoms with van der Waals surface area (Å²) in [7, 11) is 1.85. The maximum Gasteiger partial charge on any atom is 0.193 e. The van der Waals surface area contributed by atoms with Gasteiger partial charge in [0.05, 0.1) is 12.6 Å². The van der Waals surface area contributed by atoms with Crippen LogP contribution < -0.4 is 5.32 Å². The van der Waals surface area contributed by atoms with Gasteiger partial charge in [0, 0.05) is 33.2 Å². The molecule has 2 heterocycles. The molecule has 2 aliphatic heterocycles. The zero-order valence-corrected chi connectivity index (χ0v) is 21.1. The lowest BCUT2D eigenvalue weighted by Crippen LogP contribution is -2.52. The van der Waals surface area contributed by atoms with E-state index in [0.29, 0.717) is 11.8 Å². The molecule has 3 rings (SSSR count). The summed E-state index contributed by atoms with van der Waals surface area (Å²) in [5, 5.41) is 3.62. The second kappa shape index (κ2) is 12.2. The molecule has 1 aromatic rings. The highest BCUT2D eigenvalue weighted by Gasteiger charge is 2.29. The molecule has 0 radical (unpaired) electrons. The Bertz CT molecular complexity index is 670. The molecule has 30 heavy (non-hydrogen) atoms. The van der Waals surface area contributed by atoms with Crippen LogP contribution in [0.15, 0.2) is 29.3 Å². The van der Waals surface area contributed by atoms with Gasteiger partial charge in [0.2, 0.25) is 0 Å². The van der Waals surface area contributed by atoms with Crippen molar-refractivity contribution < 1.29 is 9.13 Å². The Morgan fingerprint density at radius 1 is 1.23 bits per heavy atom. The number of nitrogens with zero attached hydrogens (tertiary/aromatic N) is 3. The van der Waals surface area contributed by atoms with Crippen molar-refractivity contribution in [3.05, 3.63) is 35.6 Å². The van der Waals surface area contributed by atoms with Gasteiger partial charge >= 0.3 is 0 Å². The predicted molar refractivity (Wildman–Crippen MR) is 132 cm³/mol. The summed E-state index contributed by atoms with van der Waals surface area (Å²) in [5.74, 6) is 2.09. The van der Waals surface area contributed by atoms with Gasteiger partial charge in [0.15, 0.2) is 5.96 Å². The van der Waals surface area contributed by atoms with E-state index >= 15 is 0 Å². The van der Waals surface area contributed by atoms with Crippen LogP contribution in [0.1, 0.15) is 45.3 Å². The molecule has 1 aromatic carbocycles. The molecule has 0 aromatic heterocycles. The van der Waals surface area contributed by atoms with E-state index in [1.165, 1.54) is 44.6 Å². The van der Waals surface area contributed by atoms with Gasteiger partial charge in [0.1, 0.15) is 11.9 Å². The standard InChI is InChI=1S/C23H37FN4O.HI/c1-17(2)13-27-11-5-6-19(15-27)12-26-23(25-4)28-14-18(3)29-22(16-28)20-7-9-21(24)10-8-20;/h7-10,17-19,22H,5-6,11-16H2,1-4H3,(H,25,26);1H. The fraction of sp³-hybridized carbons (Fsp3) is 0.696. The number of rotatable bonds is 5. The van der Waals surface area contributed by atoms with E-state index in [2.05, 4.69) is 40.9 Å². The molecule has 3 atom stereocenters. The molecule has 5 nitrogen and oxygen atoms in total. The Kier molecular flexibility index (Phi) is 10.3. The van der Waals surface area contributed by atoms with Gasteiger partial charge in [-0.2, -0.15) is 0 Å². The average Bonchev–Trinajstić information content (AvgIpc) is 2.68. The van der Waals surface area contributed by atoms with E-state index < -0.39 is 0 Å². The van der Waals surface area contributed by atoms with E-state index in [1.54, 1.807) is 0 Å². The number of benzene rings is 1. The highest BCUT2D eigenvalue weighted by Crippen LogP contribution is 2.25. The zero-order valence-electron chi connectivity index (χ0n) is 18.8. The van der Waals surface area contributed by atoms with Crippen molar-refractivity contribution >= 4 is 29.9 Å². The maximum absolute atomic E-state index is 13.3. The Morgan fingerprint density at radius 3 is 2.63 bits per heavy atom. The molecule has 0 saturated carbocycles. The number of halogens is 2. The third-order valence-corrected chi connectivity index (χ3v) is 5.79. The molecular formula is C23H38FIN4O. The molecule has 7 heteroatoms. The SMILES string of the molecule is CN=C(NCC1CCCN(CC(C)C)C1)N1CC(C)OC(c2ccc(F)cc2)C1.I. The number of morpholine rings is 1. The van der Waals surface area contributed by atoms with Crippen LogP contribution in [0, 0.1) is 17.7 Å². The molecule has 0 aliphatic carbocycles. The van der Waals surface area contributed by atoms with Gasteiger partial charge in [-0.25, -0.2) is 4.39 Å². The van der Waals surface area contributed by atoms with Gasteiger partial charge in [-0.05, 0) is 55.8 Å². The Balaban J connectivity index is 0.00000320. The molecule has 2 aliphatic rings. The smallest absolute Gasteiger partial charge is 0.193 e. The number of ether oxygens (including phenoxy) is 1. The topological polar surface area (TPSA) is 40.1 Å². The summed E-state index contributed by atoms with van der Waals surface area (Å²) in [6.07, 6.45) is 2.57. The first-order chi connectivity index (χ1) is 13.9. The first kappa shape index (κ1) is 25.3. The van der Waals surface area contributed by atoms with Crippen LogP contribution in [0.2, 0.25) is 0 Å². The molecule has 0 spiro atoms. The van der Waals surface area contributed by atoms with Crippen LogP contribution in [0.25, 0.3) is 0 Å². The van der Waals surface area contributed by atoms with E-state index in [-0.39, 0.29) is 42.0 Å². The minimum Gasteiger partial charge on any atom is -0.367 e. The lowest BCUT2D eigenvalue weighted by molar-refractivity contribution is -0.0605. The van der Waals surface area contributed by atoms with Crippen LogP contribution in [-0.2, 0) is 4.74 Å². The second-order valence-corrected chi connectivity index (χ2v) is 8.98. The number of likely N-dealkylation sites (tertiary alicyclic amines) is 1. The first-order valence-electron chi connectivity index (χ1n) is 11.0. The van der Waals surface area contributed by atoms with Crippen molar-refractivity contribution in [2.45, 2.75) is 45.8 Å². The second-order valence-electron chi connectivity index (χ2n) is 8.98. The van der Waals surface area contributed by atoms with Crippen molar-refractivity contribution in [3.63, 3.8) is 0 Å². The van der Waals surface area contributed by atoms with Crippen LogP contribution >= 0.6 is 24.0 Å². The fourth-order valence-electron chi connectivity index (χ4n) is 4.55. The van der Waals surface area contributed by atoms with Crippen LogP contribution in [-0.4, -0.2) is 68.2 Å². The van der Waals surface area contributed by atoms with Gasteiger partial charge < -0.3 is 19.9 Å². The van der Waals surface area contributed by atoms with Crippen LogP contribution in [0.5, 0.6) is 0 Å². The Labute approximate surface area is 198 Å². The van der Waals surface area contributed by atoms with E-state index in [9.17, 15) is 4.39 Å². The zero-order chi connectivity index (χ0) is 20.8. The van der Waals surface area contributed by atoms with Crippen molar-refractivity contribution in [1.82, 2.24) is 15.1 Å². The average molecular weight is 532 g/mol. The largest absolute Gasteiger partial charge is 0.367 e. The van der Waals surface area contributed by atoms with E-state index in [4.69, 9.17) is 4.74 Å². The van der Waals surface area contributed by atoms with E-state index in [0.717, 1.165) is 31.2 Å². The van der Waals surface area contributed by atoms with E-state index in [1.807, 2.05) is 19.2 Å². The van der Waals surface area contributed by atoms with Crippen LogP contribution in [0.3, 0.4) is 0 Å². The molecule has 1 N–H and O–H groups in total. The predicted octanol–water partition coefficient (Wildman–Crippen LogP) is 4.15. The first-order valence-corrected chi connectivity index (χ1v) is 11.0. The van der Waals surface area contributed by atoms with Crippen molar-refractivity contribution in [2.24, 2.45) is 16.8 Å². The number of guanidine groups is 1. The molecule has 0 bridgehead atoms. The molecule has 0 amide bonds. The van der Waals surface area contributed by atoms with Gasteiger partial charge in [-0.3, -0.25) is 4.99 Å². The Morgan fingerprint density at radius 2 is 1.97 bits per heavy atom. The summed E-state index contributed by atoms with van der Waals surface area (Å²) in [6.45, 7) is 12.7. The Hall–Kier alpha value is -0.930. The van der Waals surface area contributed by atoms with Crippen molar-refractivity contribution in [1.29, 1.82) is 0 Å². The summed E-state index contributed by atoms with van der Waals surface area (Å²) in [4.78, 5) is 9.42. The normalized spacial score (nSPS) is 25.9. The summed E-state index contributed by atoms with van der Waals surface area (Å²) < 4.78 is 19.4. The fourth-order valence-corrected chi connectivity index (χ4v) is 4.55. The number of hydrogen-bond donors (Lipinski definition) is 1. The van der Waals surface area contributed by atoms with Crippen LogP contribution in [0.4, 0.5) is 4.39 Å². The highest BCUT2D eigenvalue weighted by atomic mass is 127. The van der Waals surface area contributed by atoms with Crippen molar-refractivity contribution in [3.8, 4) is 0 Å². The molecule has 170 valence electrons. The summed E-state index contributed by atoms with van der Waals surface area (Å²) in [5.41, 5.74) is 1.01. The summed E-state index contributed by atoms with van der Waals surface area (Å²) in [6, 6.07) is 6.64. The highest BCUT2D eigenvalue weighted by molar-refractivity contribution is 14.0. The molecular weight excluding hydrogens is 494 g/mol. The monoisotopic (exact) mass is 532 g/mol. The third kappa shape index (κ3) is 7.34. The van der Waals surface area contributed by atoms with Crippen molar-refractivity contribution in [2.75, 3.05) is 46.3 Å². The molecule has 2 fully saturated rings. The minimum absolute atomic E-state index is 0. The van der Waals surface area contributed by atoms with Gasteiger partial charge in [-0.15, -0.1) is 24.0 Å². The maximum atomic E-state index is 13.3. The quantitative estimate of drug-likeness (QED) is 0.352. The lowest BCUT2D eigenvalue weighted by atomic mass is 9.97. The minimum atomic E-state index is -0.217. The number of piperidine rings is 1. The lowest BCUT2D eigenvalue weighted by Gasteiger charge is -2.39.